The van der Waals surface area contributed by atoms with Gasteiger partial charge >= 0.3 is 0 Å². The number of rotatable bonds is 2. The molecule has 0 aliphatic carbocycles. The predicted octanol–water partition coefficient (Wildman–Crippen LogP) is 1.75. The molecule has 0 saturated carbocycles. The molecule has 0 radical (unpaired) electrons. The second kappa shape index (κ2) is 4.09. The zero-order valence-corrected chi connectivity index (χ0v) is 11.7. The normalized spacial score (nSPS) is 25.5. The van der Waals surface area contributed by atoms with Crippen LogP contribution < -0.4 is 5.32 Å². The van der Waals surface area contributed by atoms with Crippen LogP contribution in [0.5, 0.6) is 0 Å². The molecular weight excluding hydrogens is 212 g/mol. The number of hydrogen-bond donors (Lipinski definition) is 1. The summed E-state index contributed by atoms with van der Waals surface area (Å²) in [6.45, 7) is 10.9. The van der Waals surface area contributed by atoms with Gasteiger partial charge in [-0.2, -0.15) is 5.10 Å². The summed E-state index contributed by atoms with van der Waals surface area (Å²) in [6, 6.07) is 0. The maximum atomic E-state index is 4.82. The monoisotopic (exact) mass is 236 g/mol. The highest BCUT2D eigenvalue weighted by Gasteiger charge is 2.39. The van der Waals surface area contributed by atoms with Crippen molar-refractivity contribution in [3.8, 4) is 0 Å². The summed E-state index contributed by atoms with van der Waals surface area (Å²) in [6.07, 6.45) is 2.29. The van der Waals surface area contributed by atoms with Crippen molar-refractivity contribution >= 4 is 0 Å². The standard InChI is InChI=1S/C13H24N4/c1-6-13(7-8-14-9-13)11-15-10(12(2,3)4)16-17(11)5/h14H,6-9H2,1-5H3. The van der Waals surface area contributed by atoms with Gasteiger partial charge in [0.1, 0.15) is 5.82 Å². The third-order valence-corrected chi connectivity index (χ3v) is 3.83. The highest BCUT2D eigenvalue weighted by Crippen LogP contribution is 2.33. The van der Waals surface area contributed by atoms with Crippen molar-refractivity contribution in [3.05, 3.63) is 11.6 Å². The van der Waals surface area contributed by atoms with E-state index in [1.54, 1.807) is 0 Å². The first kappa shape index (κ1) is 12.6. The lowest BCUT2D eigenvalue weighted by Crippen LogP contribution is -2.31. The fraction of sp³-hybridized carbons (Fsp3) is 0.846. The third-order valence-electron chi connectivity index (χ3n) is 3.83. The lowest BCUT2D eigenvalue weighted by molar-refractivity contribution is 0.405. The van der Waals surface area contributed by atoms with Gasteiger partial charge in [-0.25, -0.2) is 4.98 Å². The SMILES string of the molecule is CCC1(c2nc(C(C)(C)C)nn2C)CCNC1. The van der Waals surface area contributed by atoms with Crippen LogP contribution in [0.3, 0.4) is 0 Å². The molecule has 1 N–H and O–H groups in total. The fourth-order valence-corrected chi connectivity index (χ4v) is 2.56. The molecule has 4 heteroatoms. The molecule has 1 aromatic heterocycles. The molecule has 0 spiro atoms. The summed E-state index contributed by atoms with van der Waals surface area (Å²) in [4.78, 5) is 4.82. The van der Waals surface area contributed by atoms with E-state index in [9.17, 15) is 0 Å². The van der Waals surface area contributed by atoms with E-state index >= 15 is 0 Å². The van der Waals surface area contributed by atoms with Crippen LogP contribution in [-0.4, -0.2) is 27.9 Å². The van der Waals surface area contributed by atoms with Crippen molar-refractivity contribution in [2.75, 3.05) is 13.1 Å². The lowest BCUT2D eigenvalue weighted by atomic mass is 9.83. The van der Waals surface area contributed by atoms with E-state index in [2.05, 4.69) is 38.1 Å². The van der Waals surface area contributed by atoms with E-state index in [1.165, 1.54) is 6.42 Å². The summed E-state index contributed by atoms with van der Waals surface area (Å²) in [5, 5.41) is 8.05. The molecule has 1 aromatic rings. The van der Waals surface area contributed by atoms with Gasteiger partial charge in [0.15, 0.2) is 5.82 Å². The Bertz CT molecular complexity index is 394. The fourth-order valence-electron chi connectivity index (χ4n) is 2.56. The van der Waals surface area contributed by atoms with Gasteiger partial charge in [0, 0.05) is 24.4 Å². The number of nitrogens with one attached hydrogen (secondary N) is 1. The zero-order valence-electron chi connectivity index (χ0n) is 11.7. The van der Waals surface area contributed by atoms with Gasteiger partial charge in [0.05, 0.1) is 0 Å². The van der Waals surface area contributed by atoms with Crippen molar-refractivity contribution in [1.29, 1.82) is 0 Å². The van der Waals surface area contributed by atoms with Gasteiger partial charge in [-0.1, -0.05) is 27.7 Å². The molecule has 1 saturated heterocycles. The van der Waals surface area contributed by atoms with Crippen LogP contribution in [0.2, 0.25) is 0 Å². The van der Waals surface area contributed by atoms with E-state index in [0.29, 0.717) is 0 Å². The van der Waals surface area contributed by atoms with Gasteiger partial charge in [-0.15, -0.1) is 0 Å². The van der Waals surface area contributed by atoms with Gasteiger partial charge in [0.2, 0.25) is 0 Å². The molecule has 0 bridgehead atoms. The minimum absolute atomic E-state index is 0.0248. The van der Waals surface area contributed by atoms with Crippen LogP contribution >= 0.6 is 0 Å². The summed E-state index contributed by atoms with van der Waals surface area (Å²) in [5.41, 5.74) is 0.211. The van der Waals surface area contributed by atoms with E-state index in [0.717, 1.165) is 31.2 Å². The molecule has 0 aromatic carbocycles. The Morgan fingerprint density at radius 3 is 2.53 bits per heavy atom. The Hall–Kier alpha value is -0.900. The molecule has 0 amide bonds. The highest BCUT2D eigenvalue weighted by atomic mass is 15.3. The van der Waals surface area contributed by atoms with Crippen LogP contribution in [0.15, 0.2) is 0 Å². The Labute approximate surface area is 104 Å². The lowest BCUT2D eigenvalue weighted by Gasteiger charge is -2.25. The molecule has 17 heavy (non-hydrogen) atoms. The van der Waals surface area contributed by atoms with Crippen LogP contribution in [0.1, 0.15) is 52.2 Å². The Morgan fingerprint density at radius 2 is 2.12 bits per heavy atom. The Kier molecular flexibility index (Phi) is 3.02. The first-order chi connectivity index (χ1) is 7.89. The summed E-state index contributed by atoms with van der Waals surface area (Å²) in [7, 11) is 2.02. The van der Waals surface area contributed by atoms with Gasteiger partial charge in [0.25, 0.3) is 0 Å². The van der Waals surface area contributed by atoms with E-state index in [1.807, 2.05) is 11.7 Å². The Balaban J connectivity index is 2.42. The van der Waals surface area contributed by atoms with Crippen molar-refractivity contribution in [2.24, 2.45) is 7.05 Å². The van der Waals surface area contributed by atoms with Crippen LogP contribution in [0.4, 0.5) is 0 Å². The minimum atomic E-state index is 0.0248. The molecule has 1 atom stereocenters. The highest BCUT2D eigenvalue weighted by molar-refractivity contribution is 5.15. The number of nitrogens with zero attached hydrogens (tertiary/aromatic N) is 3. The first-order valence-corrected chi connectivity index (χ1v) is 6.52. The molecular formula is C13H24N4. The average molecular weight is 236 g/mol. The predicted molar refractivity (Wildman–Crippen MR) is 69.2 cm³/mol. The molecule has 96 valence electrons. The summed E-state index contributed by atoms with van der Waals surface area (Å²) < 4.78 is 1.98. The van der Waals surface area contributed by atoms with Crippen LogP contribution in [0.25, 0.3) is 0 Å². The van der Waals surface area contributed by atoms with Crippen LogP contribution in [0, 0.1) is 0 Å². The smallest absolute Gasteiger partial charge is 0.156 e. The van der Waals surface area contributed by atoms with Gasteiger partial charge in [-0.05, 0) is 19.4 Å². The van der Waals surface area contributed by atoms with E-state index in [4.69, 9.17) is 4.98 Å². The molecule has 1 aliphatic rings. The van der Waals surface area contributed by atoms with E-state index < -0.39 is 0 Å². The van der Waals surface area contributed by atoms with Gasteiger partial charge < -0.3 is 5.32 Å². The maximum absolute atomic E-state index is 4.82. The molecule has 1 aliphatic heterocycles. The second-order valence-electron chi connectivity index (χ2n) is 6.19. The number of aryl methyl sites for hydroxylation is 1. The van der Waals surface area contributed by atoms with Crippen molar-refractivity contribution < 1.29 is 0 Å². The zero-order chi connectivity index (χ0) is 12.7. The molecule has 4 nitrogen and oxygen atoms in total. The topological polar surface area (TPSA) is 42.7 Å². The largest absolute Gasteiger partial charge is 0.316 e. The van der Waals surface area contributed by atoms with Crippen molar-refractivity contribution in [1.82, 2.24) is 20.1 Å². The van der Waals surface area contributed by atoms with Crippen molar-refractivity contribution in [3.63, 3.8) is 0 Å². The molecule has 2 heterocycles. The number of aromatic nitrogens is 3. The Morgan fingerprint density at radius 1 is 1.41 bits per heavy atom. The third kappa shape index (κ3) is 2.10. The number of hydrogen-bond acceptors (Lipinski definition) is 3. The van der Waals surface area contributed by atoms with Crippen molar-refractivity contribution in [2.45, 2.75) is 51.4 Å². The quantitative estimate of drug-likeness (QED) is 0.850. The first-order valence-electron chi connectivity index (χ1n) is 6.52. The van der Waals surface area contributed by atoms with Gasteiger partial charge in [-0.3, -0.25) is 4.68 Å². The van der Waals surface area contributed by atoms with E-state index in [-0.39, 0.29) is 10.8 Å². The summed E-state index contributed by atoms with van der Waals surface area (Å²) in [5.74, 6) is 2.10. The van der Waals surface area contributed by atoms with Crippen LogP contribution in [-0.2, 0) is 17.9 Å². The molecule has 1 fully saturated rings. The minimum Gasteiger partial charge on any atom is -0.316 e. The summed E-state index contributed by atoms with van der Waals surface area (Å²) >= 11 is 0. The molecule has 1 unspecified atom stereocenters. The molecule has 2 rings (SSSR count). The second-order valence-corrected chi connectivity index (χ2v) is 6.19. The maximum Gasteiger partial charge on any atom is 0.156 e. The average Bonchev–Trinajstić information content (AvgIpc) is 2.83.